The van der Waals surface area contributed by atoms with Gasteiger partial charge in [-0.1, -0.05) is 20.3 Å². The molecule has 0 N–H and O–H groups in total. The Morgan fingerprint density at radius 2 is 2.27 bits per heavy atom. The summed E-state index contributed by atoms with van der Waals surface area (Å²) in [6.45, 7) is 4.71. The molecule has 0 nitrogen and oxygen atoms in total. The number of terminal acetylenes is 1. The van der Waals surface area contributed by atoms with Gasteiger partial charge in [-0.2, -0.15) is 0 Å². The van der Waals surface area contributed by atoms with E-state index < -0.39 is 0 Å². The summed E-state index contributed by atoms with van der Waals surface area (Å²) in [5.41, 5.74) is 0.555. The number of hydrogen-bond donors (Lipinski definition) is 0. The van der Waals surface area contributed by atoms with Crippen molar-refractivity contribution >= 4 is 0 Å². The second kappa shape index (κ2) is 3.30. The van der Waals surface area contributed by atoms with Crippen LogP contribution in [0.25, 0.3) is 0 Å². The average molecular weight is 150 g/mol. The smallest absolute Gasteiger partial charge is 0.0115 e. The van der Waals surface area contributed by atoms with E-state index in [2.05, 4.69) is 19.8 Å². The van der Waals surface area contributed by atoms with E-state index in [1.54, 1.807) is 0 Å². The zero-order valence-corrected chi connectivity index (χ0v) is 7.69. The molecule has 0 spiro atoms. The average Bonchev–Trinajstić information content (AvgIpc) is 1.85. The molecule has 0 aromatic heterocycles. The van der Waals surface area contributed by atoms with Crippen LogP contribution in [-0.2, 0) is 0 Å². The molecule has 1 atom stereocenters. The van der Waals surface area contributed by atoms with Crippen molar-refractivity contribution in [3.63, 3.8) is 0 Å². The van der Waals surface area contributed by atoms with Crippen LogP contribution in [0.2, 0.25) is 0 Å². The zero-order valence-electron chi connectivity index (χ0n) is 7.69. The Bertz CT molecular complexity index is 159. The SMILES string of the molecule is C#CCC1CCCC(C)(C)C1. The van der Waals surface area contributed by atoms with Crippen LogP contribution in [0, 0.1) is 23.7 Å². The lowest BCUT2D eigenvalue weighted by molar-refractivity contribution is 0.183. The van der Waals surface area contributed by atoms with E-state index in [-0.39, 0.29) is 0 Å². The third kappa shape index (κ3) is 2.58. The Morgan fingerprint density at radius 1 is 1.55 bits per heavy atom. The van der Waals surface area contributed by atoms with Gasteiger partial charge in [0.05, 0.1) is 0 Å². The molecular weight excluding hydrogens is 132 g/mol. The van der Waals surface area contributed by atoms with Crippen LogP contribution in [0.15, 0.2) is 0 Å². The van der Waals surface area contributed by atoms with Gasteiger partial charge >= 0.3 is 0 Å². The lowest BCUT2D eigenvalue weighted by Gasteiger charge is -2.34. The van der Waals surface area contributed by atoms with Gasteiger partial charge < -0.3 is 0 Å². The second-order valence-electron chi connectivity index (χ2n) is 4.53. The lowest BCUT2D eigenvalue weighted by atomic mass is 9.71. The van der Waals surface area contributed by atoms with E-state index in [9.17, 15) is 0 Å². The van der Waals surface area contributed by atoms with Crippen molar-refractivity contribution in [2.24, 2.45) is 11.3 Å². The van der Waals surface area contributed by atoms with Gasteiger partial charge in [-0.05, 0) is 30.6 Å². The van der Waals surface area contributed by atoms with Gasteiger partial charge in [0.1, 0.15) is 0 Å². The standard InChI is InChI=1S/C11H18/c1-4-6-10-7-5-8-11(2,3)9-10/h1,10H,5-9H2,2-3H3. The van der Waals surface area contributed by atoms with E-state index in [4.69, 9.17) is 6.42 Å². The Labute approximate surface area is 70.4 Å². The summed E-state index contributed by atoms with van der Waals surface area (Å²) < 4.78 is 0. The van der Waals surface area contributed by atoms with Crippen LogP contribution in [-0.4, -0.2) is 0 Å². The third-order valence-electron chi connectivity index (χ3n) is 2.71. The fourth-order valence-electron chi connectivity index (χ4n) is 2.20. The van der Waals surface area contributed by atoms with E-state index in [0.717, 1.165) is 12.3 Å². The molecular formula is C11H18. The molecule has 1 rings (SSSR count). The molecule has 1 unspecified atom stereocenters. The van der Waals surface area contributed by atoms with Crippen LogP contribution in [0.5, 0.6) is 0 Å². The van der Waals surface area contributed by atoms with E-state index in [1.165, 1.54) is 25.7 Å². The maximum Gasteiger partial charge on any atom is 0.0115 e. The monoisotopic (exact) mass is 150 g/mol. The van der Waals surface area contributed by atoms with Crippen molar-refractivity contribution in [2.45, 2.75) is 46.0 Å². The van der Waals surface area contributed by atoms with Gasteiger partial charge in [-0.25, -0.2) is 0 Å². The summed E-state index contributed by atoms with van der Waals surface area (Å²) in [6, 6.07) is 0. The fourth-order valence-corrected chi connectivity index (χ4v) is 2.20. The van der Waals surface area contributed by atoms with Gasteiger partial charge in [-0.15, -0.1) is 12.3 Å². The van der Waals surface area contributed by atoms with Crippen molar-refractivity contribution in [1.82, 2.24) is 0 Å². The van der Waals surface area contributed by atoms with Crippen molar-refractivity contribution in [2.75, 3.05) is 0 Å². The maximum absolute atomic E-state index is 5.30. The molecule has 11 heavy (non-hydrogen) atoms. The van der Waals surface area contributed by atoms with Gasteiger partial charge in [-0.3, -0.25) is 0 Å². The van der Waals surface area contributed by atoms with Gasteiger partial charge in [0.15, 0.2) is 0 Å². The molecule has 0 bridgehead atoms. The van der Waals surface area contributed by atoms with Gasteiger partial charge in [0, 0.05) is 6.42 Å². The predicted octanol–water partition coefficient (Wildman–Crippen LogP) is 3.23. The predicted molar refractivity (Wildman–Crippen MR) is 49.2 cm³/mol. The van der Waals surface area contributed by atoms with Crippen LogP contribution in [0.4, 0.5) is 0 Å². The van der Waals surface area contributed by atoms with Crippen molar-refractivity contribution in [3.8, 4) is 12.3 Å². The highest BCUT2D eigenvalue weighted by molar-refractivity contribution is 4.90. The van der Waals surface area contributed by atoms with Crippen molar-refractivity contribution < 1.29 is 0 Å². The third-order valence-corrected chi connectivity index (χ3v) is 2.71. The lowest BCUT2D eigenvalue weighted by Crippen LogP contribution is -2.22. The summed E-state index contributed by atoms with van der Waals surface area (Å²) in [4.78, 5) is 0. The molecule has 0 saturated heterocycles. The van der Waals surface area contributed by atoms with Crippen molar-refractivity contribution in [1.29, 1.82) is 0 Å². The van der Waals surface area contributed by atoms with Crippen LogP contribution in [0.3, 0.4) is 0 Å². The molecule has 0 aromatic carbocycles. The first-order valence-electron chi connectivity index (χ1n) is 4.57. The Hall–Kier alpha value is -0.440. The minimum Gasteiger partial charge on any atom is -0.120 e. The largest absolute Gasteiger partial charge is 0.120 e. The zero-order chi connectivity index (χ0) is 8.32. The van der Waals surface area contributed by atoms with Gasteiger partial charge in [0.25, 0.3) is 0 Å². The Balaban J connectivity index is 2.41. The normalized spacial score (nSPS) is 29.4. The molecule has 0 amide bonds. The van der Waals surface area contributed by atoms with E-state index in [0.29, 0.717) is 5.41 Å². The topological polar surface area (TPSA) is 0 Å². The minimum atomic E-state index is 0.555. The highest BCUT2D eigenvalue weighted by Gasteiger charge is 2.26. The molecule has 1 fully saturated rings. The first kappa shape index (κ1) is 8.65. The summed E-state index contributed by atoms with van der Waals surface area (Å²) in [7, 11) is 0. The number of rotatable bonds is 1. The van der Waals surface area contributed by atoms with Crippen LogP contribution >= 0.6 is 0 Å². The molecule has 1 aliphatic rings. The Morgan fingerprint density at radius 3 is 2.82 bits per heavy atom. The first-order valence-corrected chi connectivity index (χ1v) is 4.57. The molecule has 0 heterocycles. The highest BCUT2D eigenvalue weighted by atomic mass is 14.3. The number of hydrogen-bond acceptors (Lipinski definition) is 0. The Kier molecular flexibility index (Phi) is 2.60. The molecule has 1 saturated carbocycles. The van der Waals surface area contributed by atoms with Crippen LogP contribution in [0.1, 0.15) is 46.0 Å². The summed E-state index contributed by atoms with van der Waals surface area (Å²) in [5, 5.41) is 0. The summed E-state index contributed by atoms with van der Waals surface area (Å²) >= 11 is 0. The summed E-state index contributed by atoms with van der Waals surface area (Å²) in [6.07, 6.45) is 11.7. The molecule has 0 radical (unpaired) electrons. The molecule has 62 valence electrons. The van der Waals surface area contributed by atoms with Crippen molar-refractivity contribution in [3.05, 3.63) is 0 Å². The second-order valence-corrected chi connectivity index (χ2v) is 4.53. The molecule has 1 aliphatic carbocycles. The molecule has 0 heteroatoms. The first-order chi connectivity index (χ1) is 5.14. The molecule has 0 aliphatic heterocycles. The van der Waals surface area contributed by atoms with Gasteiger partial charge in [0.2, 0.25) is 0 Å². The van der Waals surface area contributed by atoms with E-state index >= 15 is 0 Å². The fraction of sp³-hybridized carbons (Fsp3) is 0.818. The van der Waals surface area contributed by atoms with E-state index in [1.807, 2.05) is 0 Å². The van der Waals surface area contributed by atoms with Crippen LogP contribution < -0.4 is 0 Å². The quantitative estimate of drug-likeness (QED) is 0.503. The highest BCUT2D eigenvalue weighted by Crippen LogP contribution is 2.39. The molecule has 0 aromatic rings. The maximum atomic E-state index is 5.30. The summed E-state index contributed by atoms with van der Waals surface area (Å²) in [5.74, 6) is 3.58. The minimum absolute atomic E-state index is 0.555.